The Morgan fingerprint density at radius 1 is 1.14 bits per heavy atom. The maximum atomic E-state index is 12.2. The summed E-state index contributed by atoms with van der Waals surface area (Å²) in [6.07, 6.45) is 0. The van der Waals surface area contributed by atoms with Gasteiger partial charge in [0.05, 0.1) is 18.0 Å². The van der Waals surface area contributed by atoms with Gasteiger partial charge >= 0.3 is 5.97 Å². The molecule has 0 aliphatic carbocycles. The number of esters is 1. The molecule has 1 N–H and O–H groups in total. The number of carbonyl (C=O) groups is 1. The number of carbonyl (C=O) groups excluding carboxylic acids is 1. The molecule has 1 aromatic heterocycles. The molecule has 3 rings (SSSR count). The van der Waals surface area contributed by atoms with Crippen molar-refractivity contribution in [2.45, 2.75) is 12.8 Å². The van der Waals surface area contributed by atoms with Crippen molar-refractivity contribution in [2.75, 3.05) is 19.0 Å². The van der Waals surface area contributed by atoms with Crippen molar-refractivity contribution in [1.29, 1.82) is 0 Å². The quantitative estimate of drug-likeness (QED) is 0.371. The smallest absolute Gasteiger partial charge is 0.314 e. The fraction of sp³-hybridized carbons (Fsp3) is 0.190. The SMILES string of the molecule is COC(=O)C(CNc1cc(C)nc(-c2cccc([N+](=O)[O-])c2)n1)c1ccccc1. The van der Waals surface area contributed by atoms with Gasteiger partial charge in [0, 0.05) is 36.0 Å². The summed E-state index contributed by atoms with van der Waals surface area (Å²) < 4.78 is 4.93. The van der Waals surface area contributed by atoms with Crippen molar-refractivity contribution in [3.63, 3.8) is 0 Å². The Hall–Kier alpha value is -3.81. The zero-order chi connectivity index (χ0) is 20.8. The zero-order valence-corrected chi connectivity index (χ0v) is 16.0. The molecule has 8 nitrogen and oxygen atoms in total. The van der Waals surface area contributed by atoms with Gasteiger partial charge in [0.1, 0.15) is 5.82 Å². The number of rotatable bonds is 7. The lowest BCUT2D eigenvalue weighted by atomic mass is 9.99. The molecule has 0 aliphatic heterocycles. The number of ether oxygens (including phenoxy) is 1. The molecule has 2 aromatic carbocycles. The highest BCUT2D eigenvalue weighted by atomic mass is 16.6. The highest BCUT2D eigenvalue weighted by Gasteiger charge is 2.21. The molecule has 0 spiro atoms. The van der Waals surface area contributed by atoms with Crippen LogP contribution in [0.5, 0.6) is 0 Å². The lowest BCUT2D eigenvalue weighted by molar-refractivity contribution is -0.384. The van der Waals surface area contributed by atoms with Crippen LogP contribution in [-0.4, -0.2) is 34.5 Å². The van der Waals surface area contributed by atoms with Crippen LogP contribution in [0, 0.1) is 17.0 Å². The second-order valence-corrected chi connectivity index (χ2v) is 6.39. The Morgan fingerprint density at radius 2 is 1.90 bits per heavy atom. The molecule has 0 aliphatic rings. The van der Waals surface area contributed by atoms with Crippen LogP contribution in [-0.2, 0) is 9.53 Å². The first kappa shape index (κ1) is 19.9. The van der Waals surface area contributed by atoms with Gasteiger partial charge in [-0.3, -0.25) is 14.9 Å². The van der Waals surface area contributed by atoms with E-state index in [4.69, 9.17) is 4.74 Å². The maximum absolute atomic E-state index is 12.2. The standard InChI is InChI=1S/C21H20N4O4/c1-14-11-19(22-13-18(21(26)29-2)15-7-4-3-5-8-15)24-20(23-14)16-9-6-10-17(12-16)25(27)28/h3-12,18H,13H2,1-2H3,(H,22,23,24). The highest BCUT2D eigenvalue weighted by Crippen LogP contribution is 2.23. The Bertz CT molecular complexity index is 1020. The third kappa shape index (κ3) is 4.92. The lowest BCUT2D eigenvalue weighted by Gasteiger charge is -2.16. The van der Waals surface area contributed by atoms with E-state index >= 15 is 0 Å². The van der Waals surface area contributed by atoms with Crippen LogP contribution in [0.3, 0.4) is 0 Å². The van der Waals surface area contributed by atoms with E-state index in [2.05, 4.69) is 15.3 Å². The van der Waals surface area contributed by atoms with Gasteiger partial charge in [-0.2, -0.15) is 0 Å². The molecule has 0 saturated carbocycles. The number of nitrogens with one attached hydrogen (secondary N) is 1. The normalized spacial score (nSPS) is 11.5. The summed E-state index contributed by atoms with van der Waals surface area (Å²) in [6, 6.07) is 17.2. The van der Waals surface area contributed by atoms with E-state index in [0.29, 0.717) is 22.9 Å². The fourth-order valence-electron chi connectivity index (χ4n) is 2.92. The Kier molecular flexibility index (Phi) is 6.13. The summed E-state index contributed by atoms with van der Waals surface area (Å²) in [5, 5.41) is 14.2. The molecule has 0 fully saturated rings. The molecule has 0 bridgehead atoms. The molecule has 8 heteroatoms. The Balaban J connectivity index is 1.85. The summed E-state index contributed by atoms with van der Waals surface area (Å²) in [5.74, 6) is 0.0282. The number of aromatic nitrogens is 2. The molecule has 0 amide bonds. The van der Waals surface area contributed by atoms with Crippen LogP contribution >= 0.6 is 0 Å². The molecule has 0 saturated heterocycles. The number of hydrogen-bond acceptors (Lipinski definition) is 7. The molecule has 0 radical (unpaired) electrons. The van der Waals surface area contributed by atoms with E-state index in [9.17, 15) is 14.9 Å². The first-order valence-electron chi connectivity index (χ1n) is 8.95. The monoisotopic (exact) mass is 392 g/mol. The molecule has 1 heterocycles. The molecule has 1 unspecified atom stereocenters. The highest BCUT2D eigenvalue weighted by molar-refractivity contribution is 5.78. The minimum absolute atomic E-state index is 0.0306. The van der Waals surface area contributed by atoms with Gasteiger partial charge in [0.15, 0.2) is 5.82 Å². The van der Waals surface area contributed by atoms with Crippen LogP contribution in [0.25, 0.3) is 11.4 Å². The lowest BCUT2D eigenvalue weighted by Crippen LogP contribution is -2.23. The van der Waals surface area contributed by atoms with Gasteiger partial charge in [0.25, 0.3) is 5.69 Å². The third-order valence-electron chi connectivity index (χ3n) is 4.34. The number of nitro benzene ring substituents is 1. The van der Waals surface area contributed by atoms with Crippen molar-refractivity contribution in [1.82, 2.24) is 9.97 Å². The summed E-state index contributed by atoms with van der Waals surface area (Å²) in [5.41, 5.74) is 2.03. The van der Waals surface area contributed by atoms with Crippen molar-refractivity contribution >= 4 is 17.5 Å². The second-order valence-electron chi connectivity index (χ2n) is 6.39. The fourth-order valence-corrected chi connectivity index (χ4v) is 2.92. The van der Waals surface area contributed by atoms with E-state index in [1.165, 1.54) is 19.2 Å². The molecular weight excluding hydrogens is 372 g/mol. The maximum Gasteiger partial charge on any atom is 0.314 e. The minimum atomic E-state index is -0.502. The largest absolute Gasteiger partial charge is 0.468 e. The first-order chi connectivity index (χ1) is 14.0. The second kappa shape index (κ2) is 8.92. The summed E-state index contributed by atoms with van der Waals surface area (Å²) in [7, 11) is 1.35. The van der Waals surface area contributed by atoms with Crippen molar-refractivity contribution in [3.05, 3.63) is 82.0 Å². The Labute approximate surface area is 167 Å². The van der Waals surface area contributed by atoms with E-state index < -0.39 is 10.8 Å². The zero-order valence-electron chi connectivity index (χ0n) is 16.0. The number of hydrogen-bond donors (Lipinski definition) is 1. The van der Waals surface area contributed by atoms with Crippen molar-refractivity contribution in [3.8, 4) is 11.4 Å². The van der Waals surface area contributed by atoms with E-state index in [1.54, 1.807) is 18.2 Å². The average molecular weight is 392 g/mol. The van der Waals surface area contributed by atoms with Crippen LogP contribution < -0.4 is 5.32 Å². The summed E-state index contributed by atoms with van der Waals surface area (Å²) in [6.45, 7) is 2.09. The number of aryl methyl sites for hydroxylation is 1. The van der Waals surface area contributed by atoms with Crippen LogP contribution in [0.2, 0.25) is 0 Å². The minimum Gasteiger partial charge on any atom is -0.468 e. The summed E-state index contributed by atoms with van der Waals surface area (Å²) in [4.78, 5) is 31.6. The van der Waals surface area contributed by atoms with Crippen LogP contribution in [0.1, 0.15) is 17.2 Å². The average Bonchev–Trinajstić information content (AvgIpc) is 2.74. The number of nitrogens with zero attached hydrogens (tertiary/aromatic N) is 3. The summed E-state index contributed by atoms with van der Waals surface area (Å²) >= 11 is 0. The molecular formula is C21H20N4O4. The molecule has 148 valence electrons. The van der Waals surface area contributed by atoms with E-state index in [1.807, 2.05) is 37.3 Å². The van der Waals surface area contributed by atoms with Gasteiger partial charge in [-0.05, 0) is 12.5 Å². The van der Waals surface area contributed by atoms with Crippen molar-refractivity contribution in [2.24, 2.45) is 0 Å². The topological polar surface area (TPSA) is 107 Å². The first-order valence-corrected chi connectivity index (χ1v) is 8.95. The van der Waals surface area contributed by atoms with Crippen LogP contribution in [0.15, 0.2) is 60.7 Å². The third-order valence-corrected chi connectivity index (χ3v) is 4.34. The van der Waals surface area contributed by atoms with Crippen LogP contribution in [0.4, 0.5) is 11.5 Å². The van der Waals surface area contributed by atoms with Gasteiger partial charge in [-0.15, -0.1) is 0 Å². The molecule has 29 heavy (non-hydrogen) atoms. The van der Waals surface area contributed by atoms with Gasteiger partial charge < -0.3 is 10.1 Å². The van der Waals surface area contributed by atoms with Gasteiger partial charge in [-0.25, -0.2) is 9.97 Å². The number of benzene rings is 2. The number of non-ortho nitro benzene ring substituents is 1. The van der Waals surface area contributed by atoms with E-state index in [0.717, 1.165) is 5.56 Å². The van der Waals surface area contributed by atoms with Crippen molar-refractivity contribution < 1.29 is 14.5 Å². The predicted octanol–water partition coefficient (Wildman–Crippen LogP) is 3.73. The van der Waals surface area contributed by atoms with Gasteiger partial charge in [0.2, 0.25) is 0 Å². The van der Waals surface area contributed by atoms with Gasteiger partial charge in [-0.1, -0.05) is 42.5 Å². The Morgan fingerprint density at radius 3 is 2.59 bits per heavy atom. The molecule has 1 atom stereocenters. The van der Waals surface area contributed by atoms with E-state index in [-0.39, 0.29) is 18.2 Å². The number of nitro groups is 1. The predicted molar refractivity (Wildman–Crippen MR) is 109 cm³/mol. The molecule has 3 aromatic rings. The number of anilines is 1. The number of methoxy groups -OCH3 is 1.